The van der Waals surface area contributed by atoms with Gasteiger partial charge in [-0.1, -0.05) is 6.07 Å². The number of rotatable bonds is 2. The average molecular weight is 200 g/mol. The first kappa shape index (κ1) is 9.52. The van der Waals surface area contributed by atoms with Gasteiger partial charge in [-0.15, -0.1) is 0 Å². The highest BCUT2D eigenvalue weighted by Gasteiger charge is 2.05. The topological polar surface area (TPSA) is 48.1 Å². The van der Waals surface area contributed by atoms with Gasteiger partial charge < -0.3 is 10.5 Å². The Morgan fingerprint density at radius 1 is 1.27 bits per heavy atom. The van der Waals surface area contributed by atoms with Crippen molar-refractivity contribution in [2.24, 2.45) is 0 Å². The van der Waals surface area contributed by atoms with Gasteiger partial charge >= 0.3 is 0 Å². The average Bonchev–Trinajstić information content (AvgIpc) is 2.30. The molecule has 76 valence electrons. The van der Waals surface area contributed by atoms with E-state index in [1.807, 2.05) is 30.3 Å². The van der Waals surface area contributed by atoms with E-state index in [1.54, 1.807) is 19.5 Å². The zero-order chi connectivity index (χ0) is 10.7. The van der Waals surface area contributed by atoms with Crippen LogP contribution in [0, 0.1) is 0 Å². The Labute approximate surface area is 88.5 Å². The molecule has 15 heavy (non-hydrogen) atoms. The third kappa shape index (κ3) is 1.91. The second kappa shape index (κ2) is 4.00. The fourth-order valence-corrected chi connectivity index (χ4v) is 1.47. The summed E-state index contributed by atoms with van der Waals surface area (Å²) >= 11 is 0. The van der Waals surface area contributed by atoms with Gasteiger partial charge in [0, 0.05) is 35.3 Å². The van der Waals surface area contributed by atoms with E-state index in [0.29, 0.717) is 5.69 Å². The molecule has 1 aromatic heterocycles. The lowest BCUT2D eigenvalue weighted by atomic mass is 10.1. The fourth-order valence-electron chi connectivity index (χ4n) is 1.47. The smallest absolute Gasteiger partial charge is 0.128 e. The van der Waals surface area contributed by atoms with Crippen molar-refractivity contribution in [3.8, 4) is 16.9 Å². The predicted molar refractivity (Wildman–Crippen MR) is 60.6 cm³/mol. The van der Waals surface area contributed by atoms with Crippen molar-refractivity contribution >= 4 is 5.69 Å². The minimum absolute atomic E-state index is 0.694. The van der Waals surface area contributed by atoms with E-state index >= 15 is 0 Å². The predicted octanol–water partition coefficient (Wildman–Crippen LogP) is 2.34. The van der Waals surface area contributed by atoms with E-state index in [-0.39, 0.29) is 0 Å². The van der Waals surface area contributed by atoms with Crippen LogP contribution in [0.1, 0.15) is 0 Å². The molecule has 0 aliphatic rings. The second-order valence-corrected chi connectivity index (χ2v) is 3.20. The first-order chi connectivity index (χ1) is 7.31. The normalized spacial score (nSPS) is 9.93. The lowest BCUT2D eigenvalue weighted by Crippen LogP contribution is -1.91. The molecule has 0 saturated heterocycles. The zero-order valence-corrected chi connectivity index (χ0v) is 8.47. The number of anilines is 1. The molecule has 0 bridgehead atoms. The van der Waals surface area contributed by atoms with Crippen molar-refractivity contribution < 1.29 is 4.74 Å². The maximum absolute atomic E-state index is 5.69. The number of nitrogens with two attached hydrogens (primary N) is 1. The molecule has 0 spiro atoms. The van der Waals surface area contributed by atoms with Crippen LogP contribution in [0.15, 0.2) is 42.7 Å². The molecule has 0 amide bonds. The van der Waals surface area contributed by atoms with Crippen LogP contribution in [-0.4, -0.2) is 12.1 Å². The van der Waals surface area contributed by atoms with Crippen molar-refractivity contribution in [2.45, 2.75) is 0 Å². The van der Waals surface area contributed by atoms with E-state index < -0.39 is 0 Å². The number of hydrogen-bond donors (Lipinski definition) is 1. The number of nitrogens with zero attached hydrogens (tertiary/aromatic N) is 1. The van der Waals surface area contributed by atoms with Gasteiger partial charge in [-0.05, 0) is 18.2 Å². The molecule has 0 aliphatic carbocycles. The number of pyridine rings is 1. The number of nitrogen functional groups attached to an aromatic ring is 1. The van der Waals surface area contributed by atoms with Crippen molar-refractivity contribution in [3.63, 3.8) is 0 Å². The number of methoxy groups -OCH3 is 1. The number of aromatic nitrogens is 1. The molecule has 1 heterocycles. The van der Waals surface area contributed by atoms with Crippen LogP contribution in [0.3, 0.4) is 0 Å². The van der Waals surface area contributed by atoms with Gasteiger partial charge in [0.05, 0.1) is 7.11 Å². The molecule has 0 aliphatic heterocycles. The SMILES string of the molecule is COc1cc(N)ccc1-c1cccnc1. The highest BCUT2D eigenvalue weighted by Crippen LogP contribution is 2.30. The Balaban J connectivity index is 2.53. The van der Waals surface area contributed by atoms with Crippen LogP contribution in [0.2, 0.25) is 0 Å². The molecule has 0 atom stereocenters. The third-order valence-electron chi connectivity index (χ3n) is 2.20. The summed E-state index contributed by atoms with van der Waals surface area (Å²) in [6, 6.07) is 9.48. The Morgan fingerprint density at radius 2 is 2.13 bits per heavy atom. The summed E-state index contributed by atoms with van der Waals surface area (Å²) in [5.74, 6) is 0.767. The molecular formula is C12H12N2O. The van der Waals surface area contributed by atoms with Gasteiger partial charge in [0.2, 0.25) is 0 Å². The van der Waals surface area contributed by atoms with E-state index in [0.717, 1.165) is 16.9 Å². The summed E-state index contributed by atoms with van der Waals surface area (Å²) in [4.78, 5) is 4.07. The standard InChI is InChI=1S/C12H12N2O/c1-15-12-7-10(13)4-5-11(12)9-3-2-6-14-8-9/h2-8H,13H2,1H3. The van der Waals surface area contributed by atoms with Crippen molar-refractivity contribution in [3.05, 3.63) is 42.7 Å². The minimum Gasteiger partial charge on any atom is -0.496 e. The zero-order valence-electron chi connectivity index (χ0n) is 8.47. The quantitative estimate of drug-likeness (QED) is 0.757. The van der Waals surface area contributed by atoms with Crippen LogP contribution < -0.4 is 10.5 Å². The molecule has 0 unspecified atom stereocenters. The fraction of sp³-hybridized carbons (Fsp3) is 0.0833. The van der Waals surface area contributed by atoms with E-state index in [1.165, 1.54) is 0 Å². The molecule has 0 fully saturated rings. The molecule has 0 radical (unpaired) electrons. The third-order valence-corrected chi connectivity index (χ3v) is 2.20. The van der Waals surface area contributed by atoms with Crippen molar-refractivity contribution in [2.75, 3.05) is 12.8 Å². The molecule has 0 saturated carbocycles. The van der Waals surface area contributed by atoms with Crippen molar-refractivity contribution in [1.82, 2.24) is 4.98 Å². The summed E-state index contributed by atoms with van der Waals surface area (Å²) in [5, 5.41) is 0. The van der Waals surface area contributed by atoms with Gasteiger partial charge in [0.1, 0.15) is 5.75 Å². The van der Waals surface area contributed by atoms with E-state index in [4.69, 9.17) is 10.5 Å². The number of benzene rings is 1. The van der Waals surface area contributed by atoms with E-state index in [9.17, 15) is 0 Å². The van der Waals surface area contributed by atoms with Gasteiger partial charge in [-0.25, -0.2) is 0 Å². The van der Waals surface area contributed by atoms with Crippen LogP contribution in [-0.2, 0) is 0 Å². The Hall–Kier alpha value is -2.03. The summed E-state index contributed by atoms with van der Waals surface area (Å²) in [6.45, 7) is 0. The van der Waals surface area contributed by atoms with Crippen LogP contribution in [0.5, 0.6) is 5.75 Å². The summed E-state index contributed by atoms with van der Waals surface area (Å²) in [5.41, 5.74) is 8.40. The molecule has 1 aromatic carbocycles. The minimum atomic E-state index is 0.694. The Morgan fingerprint density at radius 3 is 2.80 bits per heavy atom. The maximum atomic E-state index is 5.69. The summed E-state index contributed by atoms with van der Waals surface area (Å²) in [6.07, 6.45) is 3.54. The monoisotopic (exact) mass is 200 g/mol. The summed E-state index contributed by atoms with van der Waals surface area (Å²) in [7, 11) is 1.63. The number of hydrogen-bond acceptors (Lipinski definition) is 3. The van der Waals surface area contributed by atoms with Gasteiger partial charge in [0.15, 0.2) is 0 Å². The number of ether oxygens (including phenoxy) is 1. The van der Waals surface area contributed by atoms with Gasteiger partial charge in [-0.3, -0.25) is 4.98 Å². The highest BCUT2D eigenvalue weighted by atomic mass is 16.5. The summed E-state index contributed by atoms with van der Waals surface area (Å²) < 4.78 is 5.27. The van der Waals surface area contributed by atoms with Crippen LogP contribution >= 0.6 is 0 Å². The molecular weight excluding hydrogens is 188 g/mol. The first-order valence-corrected chi connectivity index (χ1v) is 4.65. The van der Waals surface area contributed by atoms with Gasteiger partial charge in [-0.2, -0.15) is 0 Å². The largest absolute Gasteiger partial charge is 0.496 e. The van der Waals surface area contributed by atoms with Crippen LogP contribution in [0.4, 0.5) is 5.69 Å². The highest BCUT2D eigenvalue weighted by molar-refractivity contribution is 5.72. The first-order valence-electron chi connectivity index (χ1n) is 4.65. The van der Waals surface area contributed by atoms with Crippen LogP contribution in [0.25, 0.3) is 11.1 Å². The molecule has 2 N–H and O–H groups in total. The van der Waals surface area contributed by atoms with Gasteiger partial charge in [0.25, 0.3) is 0 Å². The second-order valence-electron chi connectivity index (χ2n) is 3.20. The Kier molecular flexibility index (Phi) is 2.54. The molecule has 3 heteroatoms. The molecule has 3 nitrogen and oxygen atoms in total. The van der Waals surface area contributed by atoms with Crippen molar-refractivity contribution in [1.29, 1.82) is 0 Å². The molecule has 2 rings (SSSR count). The lowest BCUT2D eigenvalue weighted by molar-refractivity contribution is 0.416. The maximum Gasteiger partial charge on any atom is 0.128 e. The van der Waals surface area contributed by atoms with E-state index in [2.05, 4.69) is 4.98 Å². The lowest BCUT2D eigenvalue weighted by Gasteiger charge is -2.08. The molecule has 2 aromatic rings. The Bertz CT molecular complexity index is 454.